The highest BCUT2D eigenvalue weighted by molar-refractivity contribution is 8.01. The lowest BCUT2D eigenvalue weighted by Crippen LogP contribution is -2.15. The molecule has 2 atom stereocenters. The molecule has 0 amide bonds. The Morgan fingerprint density at radius 1 is 1.25 bits per heavy atom. The number of thioether (sulfide) groups is 1. The van der Waals surface area contributed by atoms with Gasteiger partial charge in [-0.05, 0) is 6.42 Å². The minimum Gasteiger partial charge on any atom is -0.153 e. The Balaban J connectivity index is 3.66. The molecule has 0 spiro atoms. The van der Waals surface area contributed by atoms with Crippen molar-refractivity contribution in [2.75, 3.05) is 0 Å². The zero-order valence-electron chi connectivity index (χ0n) is 9.48. The van der Waals surface area contributed by atoms with Crippen LogP contribution >= 0.6 is 11.8 Å². The fourth-order valence-electron chi connectivity index (χ4n) is 1.38. The molecule has 0 fully saturated rings. The highest BCUT2D eigenvalue weighted by Crippen LogP contribution is 2.31. The summed E-state index contributed by atoms with van der Waals surface area (Å²) in [4.78, 5) is 0. The second-order valence-electron chi connectivity index (χ2n) is 4.79. The molecule has 0 aromatic rings. The van der Waals surface area contributed by atoms with E-state index in [2.05, 4.69) is 54.2 Å². The summed E-state index contributed by atoms with van der Waals surface area (Å²) in [5.41, 5.74) is 0. The summed E-state index contributed by atoms with van der Waals surface area (Å²) in [7, 11) is 2.28. The van der Waals surface area contributed by atoms with Crippen LogP contribution in [-0.4, -0.2) is 17.8 Å². The predicted molar refractivity (Wildman–Crippen MR) is 63.9 cm³/mol. The monoisotopic (exact) mass is 186 g/mol. The van der Waals surface area contributed by atoms with Crippen molar-refractivity contribution in [1.29, 1.82) is 0 Å². The van der Waals surface area contributed by atoms with Crippen LogP contribution in [-0.2, 0) is 0 Å². The SMILES string of the molecule is BCC(C)CC(C)SC(C)(C)C. The van der Waals surface area contributed by atoms with Crippen LogP contribution in [0, 0.1) is 5.92 Å². The van der Waals surface area contributed by atoms with Gasteiger partial charge in [0.05, 0.1) is 0 Å². The first-order chi connectivity index (χ1) is 5.35. The standard InChI is InChI=1S/C10H23BS/c1-8(7-11)6-9(2)12-10(3,4)5/h8-9H,6-7,11H2,1-5H3. The maximum absolute atomic E-state index is 2.35. The Morgan fingerprint density at radius 2 is 1.75 bits per heavy atom. The van der Waals surface area contributed by atoms with Gasteiger partial charge in [0.2, 0.25) is 0 Å². The third-order valence-electron chi connectivity index (χ3n) is 1.99. The van der Waals surface area contributed by atoms with Crippen molar-refractivity contribution in [1.82, 2.24) is 0 Å². The molecule has 0 aliphatic rings. The van der Waals surface area contributed by atoms with Gasteiger partial charge in [0.1, 0.15) is 7.85 Å². The highest BCUT2D eigenvalue weighted by Gasteiger charge is 2.16. The van der Waals surface area contributed by atoms with Crippen molar-refractivity contribution in [2.45, 2.75) is 57.4 Å². The van der Waals surface area contributed by atoms with Crippen molar-refractivity contribution >= 4 is 19.6 Å². The molecule has 0 radical (unpaired) electrons. The van der Waals surface area contributed by atoms with Gasteiger partial charge in [0.25, 0.3) is 0 Å². The van der Waals surface area contributed by atoms with Crippen LogP contribution in [0.15, 0.2) is 0 Å². The quantitative estimate of drug-likeness (QED) is 0.608. The Kier molecular flexibility index (Phi) is 5.39. The minimum atomic E-state index is 0.423. The van der Waals surface area contributed by atoms with Gasteiger partial charge in [-0.25, -0.2) is 0 Å². The molecule has 0 N–H and O–H groups in total. The fourth-order valence-corrected chi connectivity index (χ4v) is 3.02. The van der Waals surface area contributed by atoms with Crippen LogP contribution in [0.1, 0.15) is 41.0 Å². The molecule has 0 aliphatic heterocycles. The zero-order valence-corrected chi connectivity index (χ0v) is 10.3. The second kappa shape index (κ2) is 5.21. The van der Waals surface area contributed by atoms with Crippen molar-refractivity contribution < 1.29 is 0 Å². The van der Waals surface area contributed by atoms with Crippen LogP contribution in [0.3, 0.4) is 0 Å². The van der Waals surface area contributed by atoms with E-state index >= 15 is 0 Å². The maximum Gasteiger partial charge on any atom is 0.101 e. The van der Waals surface area contributed by atoms with E-state index in [-0.39, 0.29) is 0 Å². The fraction of sp³-hybridized carbons (Fsp3) is 1.00. The summed E-state index contributed by atoms with van der Waals surface area (Å²) >= 11 is 2.10. The van der Waals surface area contributed by atoms with Crippen LogP contribution in [0.2, 0.25) is 6.32 Å². The molecule has 0 aliphatic carbocycles. The van der Waals surface area contributed by atoms with Crippen molar-refractivity contribution in [3.05, 3.63) is 0 Å². The Hall–Kier alpha value is 0.415. The lowest BCUT2D eigenvalue weighted by molar-refractivity contribution is 0.581. The minimum absolute atomic E-state index is 0.423. The Morgan fingerprint density at radius 3 is 2.08 bits per heavy atom. The van der Waals surface area contributed by atoms with Crippen LogP contribution in [0.25, 0.3) is 0 Å². The van der Waals surface area contributed by atoms with E-state index in [0.29, 0.717) is 4.75 Å². The van der Waals surface area contributed by atoms with Gasteiger partial charge in [-0.1, -0.05) is 46.9 Å². The van der Waals surface area contributed by atoms with E-state index in [1.807, 2.05) is 0 Å². The van der Waals surface area contributed by atoms with Gasteiger partial charge in [-0.3, -0.25) is 0 Å². The number of hydrogen-bond acceptors (Lipinski definition) is 1. The number of hydrogen-bond donors (Lipinski definition) is 0. The van der Waals surface area contributed by atoms with Gasteiger partial charge < -0.3 is 0 Å². The number of rotatable bonds is 4. The van der Waals surface area contributed by atoms with Crippen LogP contribution in [0.4, 0.5) is 0 Å². The largest absolute Gasteiger partial charge is 0.153 e. The van der Waals surface area contributed by atoms with E-state index in [1.54, 1.807) is 0 Å². The molecule has 0 nitrogen and oxygen atoms in total. The topological polar surface area (TPSA) is 0 Å². The van der Waals surface area contributed by atoms with E-state index in [1.165, 1.54) is 12.7 Å². The van der Waals surface area contributed by atoms with Crippen LogP contribution in [0.5, 0.6) is 0 Å². The zero-order chi connectivity index (χ0) is 9.78. The first-order valence-corrected chi connectivity index (χ1v) is 5.91. The molecule has 2 unspecified atom stereocenters. The smallest absolute Gasteiger partial charge is 0.101 e. The molecule has 72 valence electrons. The molecule has 0 saturated heterocycles. The van der Waals surface area contributed by atoms with Gasteiger partial charge in [0.15, 0.2) is 0 Å². The second-order valence-corrected chi connectivity index (χ2v) is 7.06. The molecular formula is C10H23BS. The Labute approximate surface area is 83.3 Å². The molecule has 0 rings (SSSR count). The van der Waals surface area contributed by atoms with Crippen molar-refractivity contribution in [2.24, 2.45) is 5.92 Å². The molecule has 12 heavy (non-hydrogen) atoms. The first-order valence-electron chi connectivity index (χ1n) is 5.03. The summed E-state index contributed by atoms with van der Waals surface area (Å²) in [6.45, 7) is 11.6. The van der Waals surface area contributed by atoms with Crippen molar-refractivity contribution in [3.63, 3.8) is 0 Å². The predicted octanol–water partition coefficient (Wildman–Crippen LogP) is 2.98. The third-order valence-corrected chi connectivity index (χ3v) is 3.29. The molecule has 0 saturated carbocycles. The molecule has 0 aromatic heterocycles. The van der Waals surface area contributed by atoms with Gasteiger partial charge in [0, 0.05) is 10.00 Å². The molecule has 2 heteroatoms. The lowest BCUT2D eigenvalue weighted by atomic mass is 9.89. The molecule has 0 heterocycles. The average Bonchev–Trinajstić information content (AvgIpc) is 1.82. The van der Waals surface area contributed by atoms with E-state index in [4.69, 9.17) is 0 Å². The van der Waals surface area contributed by atoms with Crippen LogP contribution < -0.4 is 0 Å². The summed E-state index contributed by atoms with van der Waals surface area (Å²) in [6.07, 6.45) is 2.67. The summed E-state index contributed by atoms with van der Waals surface area (Å²) in [6, 6.07) is 0. The summed E-state index contributed by atoms with van der Waals surface area (Å²) < 4.78 is 0.423. The van der Waals surface area contributed by atoms with E-state index in [0.717, 1.165) is 11.2 Å². The van der Waals surface area contributed by atoms with Gasteiger partial charge in [-0.2, -0.15) is 11.8 Å². The van der Waals surface area contributed by atoms with E-state index < -0.39 is 0 Å². The summed E-state index contributed by atoms with van der Waals surface area (Å²) in [5.74, 6) is 0.884. The highest BCUT2D eigenvalue weighted by atomic mass is 32.2. The summed E-state index contributed by atoms with van der Waals surface area (Å²) in [5, 5.41) is 0.806. The maximum atomic E-state index is 2.35. The molecule has 0 bridgehead atoms. The van der Waals surface area contributed by atoms with Crippen molar-refractivity contribution in [3.8, 4) is 0 Å². The third kappa shape index (κ3) is 7.09. The normalized spacial score (nSPS) is 17.4. The lowest BCUT2D eigenvalue weighted by Gasteiger charge is -2.24. The first kappa shape index (κ1) is 12.4. The average molecular weight is 186 g/mol. The van der Waals surface area contributed by atoms with Gasteiger partial charge in [-0.15, -0.1) is 0 Å². The Bertz CT molecular complexity index is 117. The van der Waals surface area contributed by atoms with E-state index in [9.17, 15) is 0 Å². The van der Waals surface area contributed by atoms with Gasteiger partial charge >= 0.3 is 0 Å². The molecular weight excluding hydrogens is 163 g/mol. The molecule has 0 aromatic carbocycles.